The number of hydrogen-bond donors (Lipinski definition) is 1. The number of fused-ring (bicyclic) bond motifs is 2. The molecule has 2 saturated heterocycles. The summed E-state index contributed by atoms with van der Waals surface area (Å²) in [5, 5.41) is 8.06. The van der Waals surface area contributed by atoms with Crippen LogP contribution >= 0.6 is 0 Å². The van der Waals surface area contributed by atoms with E-state index in [4.69, 9.17) is 9.47 Å². The molecule has 0 amide bonds. The van der Waals surface area contributed by atoms with Crippen LogP contribution in [0.3, 0.4) is 0 Å². The van der Waals surface area contributed by atoms with E-state index in [1.807, 2.05) is 16.9 Å². The van der Waals surface area contributed by atoms with Crippen molar-refractivity contribution >= 4 is 0 Å². The van der Waals surface area contributed by atoms with Crippen LogP contribution in [0.4, 0.5) is 0 Å². The molecule has 0 radical (unpaired) electrons. The second-order valence-corrected chi connectivity index (χ2v) is 6.88. The highest BCUT2D eigenvalue weighted by Gasteiger charge is 2.41. The maximum atomic E-state index is 5.96. The van der Waals surface area contributed by atoms with E-state index in [1.165, 1.54) is 18.4 Å². The third-order valence-electron chi connectivity index (χ3n) is 5.27. The molecule has 2 bridgehead atoms. The zero-order valence-corrected chi connectivity index (χ0v) is 14.3. The molecule has 0 unspecified atom stereocenters. The molecule has 2 fully saturated rings. The molecule has 4 atom stereocenters. The molecule has 0 spiro atoms. The molecule has 4 rings (SSSR count). The molecule has 1 aromatic heterocycles. The minimum Gasteiger partial charge on any atom is -0.496 e. The van der Waals surface area contributed by atoms with Crippen molar-refractivity contribution in [2.45, 2.75) is 57.0 Å². The summed E-state index contributed by atoms with van der Waals surface area (Å²) in [5.41, 5.74) is 2.43. The molecule has 1 aromatic carbocycles. The van der Waals surface area contributed by atoms with E-state index in [0.29, 0.717) is 30.8 Å². The summed E-state index contributed by atoms with van der Waals surface area (Å²) < 4.78 is 13.4. The van der Waals surface area contributed by atoms with Crippen LogP contribution < -0.4 is 10.1 Å². The summed E-state index contributed by atoms with van der Waals surface area (Å²) >= 11 is 0. The minimum absolute atomic E-state index is 0.292. The van der Waals surface area contributed by atoms with Gasteiger partial charge in [0.05, 0.1) is 25.9 Å². The molecule has 2 aliphatic rings. The number of aromatic nitrogens is 2. The predicted molar refractivity (Wildman–Crippen MR) is 92.2 cm³/mol. The molecule has 3 heterocycles. The van der Waals surface area contributed by atoms with Crippen LogP contribution in [0.25, 0.3) is 0 Å². The van der Waals surface area contributed by atoms with Crippen molar-refractivity contribution in [3.63, 3.8) is 0 Å². The van der Waals surface area contributed by atoms with Gasteiger partial charge in [0.1, 0.15) is 5.75 Å². The number of hydrogen-bond acceptors (Lipinski definition) is 4. The van der Waals surface area contributed by atoms with Crippen LogP contribution in [0, 0.1) is 0 Å². The first-order chi connectivity index (χ1) is 11.7. The van der Waals surface area contributed by atoms with Gasteiger partial charge in [-0.05, 0) is 49.9 Å². The van der Waals surface area contributed by atoms with E-state index in [2.05, 4.69) is 35.5 Å². The van der Waals surface area contributed by atoms with Gasteiger partial charge in [0, 0.05) is 30.0 Å². The van der Waals surface area contributed by atoms with Crippen molar-refractivity contribution in [3.8, 4) is 5.75 Å². The quantitative estimate of drug-likeness (QED) is 0.886. The summed E-state index contributed by atoms with van der Waals surface area (Å²) in [6.07, 6.45) is 8.22. The normalized spacial score (nSPS) is 26.7. The lowest BCUT2D eigenvalue weighted by molar-refractivity contribution is 0.0962. The highest BCUT2D eigenvalue weighted by atomic mass is 16.5. The Morgan fingerprint density at radius 2 is 2.33 bits per heavy atom. The molecule has 5 heteroatoms. The first-order valence-electron chi connectivity index (χ1n) is 8.78. The highest BCUT2D eigenvalue weighted by Crippen LogP contribution is 2.35. The van der Waals surface area contributed by atoms with Crippen molar-refractivity contribution < 1.29 is 9.47 Å². The van der Waals surface area contributed by atoms with Gasteiger partial charge in [-0.1, -0.05) is 6.07 Å². The van der Waals surface area contributed by atoms with Gasteiger partial charge in [-0.25, -0.2) is 0 Å². The lowest BCUT2D eigenvalue weighted by Crippen LogP contribution is -2.39. The van der Waals surface area contributed by atoms with Gasteiger partial charge in [0.25, 0.3) is 0 Å². The van der Waals surface area contributed by atoms with E-state index in [9.17, 15) is 0 Å². The molecule has 1 N–H and O–H groups in total. The van der Waals surface area contributed by atoms with Crippen LogP contribution in [0.1, 0.15) is 43.4 Å². The van der Waals surface area contributed by atoms with Gasteiger partial charge in [0.15, 0.2) is 0 Å². The fraction of sp³-hybridized carbons (Fsp3) is 0.526. The Bertz CT molecular complexity index is 686. The molecular weight excluding hydrogens is 302 g/mol. The third kappa shape index (κ3) is 3.06. The molecule has 0 saturated carbocycles. The Kier molecular flexibility index (Phi) is 4.29. The molecule has 24 heavy (non-hydrogen) atoms. The van der Waals surface area contributed by atoms with E-state index in [1.54, 1.807) is 13.3 Å². The lowest BCUT2D eigenvalue weighted by atomic mass is 9.94. The smallest absolute Gasteiger partial charge is 0.123 e. The Morgan fingerprint density at radius 3 is 3.00 bits per heavy atom. The summed E-state index contributed by atoms with van der Waals surface area (Å²) in [5.74, 6) is 0.907. The molecule has 2 aromatic rings. The number of nitrogens with zero attached hydrogens (tertiary/aromatic N) is 2. The third-order valence-corrected chi connectivity index (χ3v) is 5.27. The zero-order chi connectivity index (χ0) is 16.5. The maximum Gasteiger partial charge on any atom is 0.123 e. The predicted octanol–water partition coefficient (Wildman–Crippen LogP) is 2.91. The van der Waals surface area contributed by atoms with Crippen molar-refractivity contribution in [1.82, 2.24) is 15.1 Å². The SMILES string of the molecule is COc1ccc([C@@H](C)N[C@@H]2C[C@H]3CC[C@H]2O3)cc1Cn1cccn1. The Labute approximate surface area is 143 Å². The van der Waals surface area contributed by atoms with Crippen molar-refractivity contribution in [2.24, 2.45) is 0 Å². The van der Waals surface area contributed by atoms with Crippen molar-refractivity contribution in [3.05, 3.63) is 47.8 Å². The van der Waals surface area contributed by atoms with Crippen LogP contribution in [-0.2, 0) is 11.3 Å². The lowest BCUT2D eigenvalue weighted by Gasteiger charge is -2.25. The summed E-state index contributed by atoms with van der Waals surface area (Å²) in [4.78, 5) is 0. The molecule has 2 aliphatic heterocycles. The number of methoxy groups -OCH3 is 1. The van der Waals surface area contributed by atoms with Crippen LogP contribution in [-0.4, -0.2) is 35.1 Å². The standard InChI is InChI=1S/C19H25N3O2/c1-13(21-17-11-16-5-7-19(17)24-16)14-4-6-18(23-2)15(10-14)12-22-9-3-8-20-22/h3-4,6,8-10,13,16-17,19,21H,5,7,11-12H2,1-2H3/t13-,16-,17-,19-/m1/s1. The fourth-order valence-corrected chi connectivity index (χ4v) is 3.99. The second kappa shape index (κ2) is 6.57. The van der Waals surface area contributed by atoms with Gasteiger partial charge >= 0.3 is 0 Å². The van der Waals surface area contributed by atoms with Crippen molar-refractivity contribution in [1.29, 1.82) is 0 Å². The largest absolute Gasteiger partial charge is 0.496 e. The summed E-state index contributed by atoms with van der Waals surface area (Å²) in [7, 11) is 1.72. The molecule has 5 nitrogen and oxygen atoms in total. The Balaban J connectivity index is 1.49. The summed E-state index contributed by atoms with van der Waals surface area (Å²) in [6, 6.07) is 9.15. The highest BCUT2D eigenvalue weighted by molar-refractivity contribution is 5.38. The zero-order valence-electron chi connectivity index (χ0n) is 14.3. The van der Waals surface area contributed by atoms with Gasteiger partial charge < -0.3 is 14.8 Å². The van der Waals surface area contributed by atoms with E-state index < -0.39 is 0 Å². The van der Waals surface area contributed by atoms with Gasteiger partial charge in [-0.3, -0.25) is 4.68 Å². The average molecular weight is 327 g/mol. The fourth-order valence-electron chi connectivity index (χ4n) is 3.99. The van der Waals surface area contributed by atoms with Gasteiger partial charge in [-0.2, -0.15) is 5.10 Å². The molecule has 128 valence electrons. The summed E-state index contributed by atoms with van der Waals surface area (Å²) in [6.45, 7) is 2.94. The van der Waals surface area contributed by atoms with Crippen LogP contribution in [0.5, 0.6) is 5.75 Å². The second-order valence-electron chi connectivity index (χ2n) is 6.88. The number of benzene rings is 1. The van der Waals surface area contributed by atoms with E-state index in [-0.39, 0.29) is 0 Å². The van der Waals surface area contributed by atoms with Gasteiger partial charge in [-0.15, -0.1) is 0 Å². The molecule has 0 aliphatic carbocycles. The number of ether oxygens (including phenoxy) is 2. The van der Waals surface area contributed by atoms with Crippen LogP contribution in [0.15, 0.2) is 36.7 Å². The topological polar surface area (TPSA) is 48.3 Å². The monoisotopic (exact) mass is 327 g/mol. The maximum absolute atomic E-state index is 5.96. The van der Waals surface area contributed by atoms with E-state index in [0.717, 1.165) is 17.7 Å². The average Bonchev–Trinajstić information content (AvgIpc) is 3.33. The Hall–Kier alpha value is -1.85. The van der Waals surface area contributed by atoms with Crippen molar-refractivity contribution in [2.75, 3.05) is 7.11 Å². The minimum atomic E-state index is 0.292. The van der Waals surface area contributed by atoms with Gasteiger partial charge in [0.2, 0.25) is 0 Å². The first-order valence-corrected chi connectivity index (χ1v) is 8.78. The molecular formula is C19H25N3O2. The number of rotatable bonds is 6. The van der Waals surface area contributed by atoms with Crippen LogP contribution in [0.2, 0.25) is 0 Å². The first kappa shape index (κ1) is 15.7. The number of nitrogens with one attached hydrogen (secondary N) is 1. The Morgan fingerprint density at radius 1 is 1.42 bits per heavy atom. The van der Waals surface area contributed by atoms with E-state index >= 15 is 0 Å².